The van der Waals surface area contributed by atoms with Gasteiger partial charge in [-0.3, -0.25) is 0 Å². The zero-order valence-corrected chi connectivity index (χ0v) is 4.94. The van der Waals surface area contributed by atoms with Crippen molar-refractivity contribution in [1.29, 1.82) is 0 Å². The lowest BCUT2D eigenvalue weighted by molar-refractivity contribution is -0.321. The van der Waals surface area contributed by atoms with Gasteiger partial charge in [-0.2, -0.15) is 13.2 Å². The normalized spacial score (nSPS) is 13.1. The summed E-state index contributed by atoms with van der Waals surface area (Å²) in [5.74, 6) is 0. The SMILES string of the molecule is O=[N+]([O-])S(=O)(=O)C(F)(F)F. The summed E-state index contributed by atoms with van der Waals surface area (Å²) < 4.78 is 49.8. The second-order valence-corrected chi connectivity index (χ2v) is 2.86. The van der Waals surface area contributed by atoms with Crippen molar-refractivity contribution < 1.29 is 25.9 Å². The van der Waals surface area contributed by atoms with Gasteiger partial charge in [0.1, 0.15) is 0 Å². The van der Waals surface area contributed by atoms with Crippen molar-refractivity contribution in [3.05, 3.63) is 10.1 Å². The Hall–Kier alpha value is -0.860. The molecule has 0 aliphatic carbocycles. The van der Waals surface area contributed by atoms with Crippen LogP contribution in [0.4, 0.5) is 13.2 Å². The highest BCUT2D eigenvalue weighted by atomic mass is 32.2. The minimum Gasteiger partial charge on any atom is -0.247 e. The lowest BCUT2D eigenvalue weighted by Gasteiger charge is -1.96. The van der Waals surface area contributed by atoms with E-state index in [1.807, 2.05) is 0 Å². The molecule has 0 bridgehead atoms. The van der Waals surface area contributed by atoms with Gasteiger partial charge in [0.15, 0.2) is 4.33 Å². The van der Waals surface area contributed by atoms with E-state index in [-0.39, 0.29) is 0 Å². The minimum absolute atomic E-state index is 2.38. The van der Waals surface area contributed by atoms with Crippen molar-refractivity contribution in [3.8, 4) is 0 Å². The van der Waals surface area contributed by atoms with Gasteiger partial charge in [-0.15, -0.1) is 8.42 Å². The first-order chi connectivity index (χ1) is 4.19. The molecule has 0 aliphatic rings. The molecular weight excluding hydrogens is 179 g/mol. The lowest BCUT2D eigenvalue weighted by Crippen LogP contribution is -2.29. The van der Waals surface area contributed by atoms with Gasteiger partial charge in [0.05, 0.1) is 0 Å². The topological polar surface area (TPSA) is 77.3 Å². The van der Waals surface area contributed by atoms with Crippen LogP contribution in [0.2, 0.25) is 0 Å². The van der Waals surface area contributed by atoms with E-state index in [0.717, 1.165) is 0 Å². The molecule has 0 unspecified atom stereocenters. The number of alkyl halides is 3. The predicted molar refractivity (Wildman–Crippen MR) is 22.0 cm³/mol. The molecule has 0 aromatic rings. The quantitative estimate of drug-likeness (QED) is 0.422. The zero-order chi connectivity index (χ0) is 8.58. The Labute approximate surface area is 52.6 Å². The maximum Gasteiger partial charge on any atom is 0.565 e. The van der Waals surface area contributed by atoms with Gasteiger partial charge in [-0.1, -0.05) is 0 Å². The molecule has 0 aromatic carbocycles. The summed E-state index contributed by atoms with van der Waals surface area (Å²) in [6, 6.07) is 0. The van der Waals surface area contributed by atoms with Crippen LogP contribution in [0.25, 0.3) is 0 Å². The number of hydrogen-bond donors (Lipinski definition) is 0. The van der Waals surface area contributed by atoms with E-state index >= 15 is 0 Å². The molecule has 0 radical (unpaired) electrons. The summed E-state index contributed by atoms with van der Waals surface area (Å²) in [5, 5.41) is 9.17. The van der Waals surface area contributed by atoms with E-state index in [0.29, 0.717) is 0 Å². The standard InChI is InChI=1S/CF3NO4S/c2-1(3,4)10(8,9)5(6)7. The van der Waals surface area contributed by atoms with Gasteiger partial charge in [0.25, 0.3) is 0 Å². The monoisotopic (exact) mass is 179 g/mol. The first-order valence-corrected chi connectivity index (χ1v) is 3.09. The van der Waals surface area contributed by atoms with Crippen molar-refractivity contribution in [1.82, 2.24) is 0 Å². The highest BCUT2D eigenvalue weighted by molar-refractivity contribution is 7.86. The molecule has 0 fully saturated rings. The Balaban J connectivity index is 4.98. The first-order valence-electron chi connectivity index (χ1n) is 1.65. The van der Waals surface area contributed by atoms with Gasteiger partial charge >= 0.3 is 15.5 Å². The zero-order valence-electron chi connectivity index (χ0n) is 4.12. The molecule has 9 heteroatoms. The van der Waals surface area contributed by atoms with E-state index < -0.39 is 19.9 Å². The molecular formula is CF3NO4S. The third kappa shape index (κ3) is 1.35. The number of hydrogen-bond acceptors (Lipinski definition) is 4. The molecule has 10 heavy (non-hydrogen) atoms. The highest BCUT2D eigenvalue weighted by Gasteiger charge is 2.56. The van der Waals surface area contributed by atoms with Crippen molar-refractivity contribution >= 4 is 10.0 Å². The van der Waals surface area contributed by atoms with E-state index in [4.69, 9.17) is 10.1 Å². The molecule has 0 saturated heterocycles. The number of rotatable bonds is 1. The Morgan fingerprint density at radius 3 is 1.60 bits per heavy atom. The number of halogens is 3. The minimum atomic E-state index is -6.19. The number of nitrogens with zero attached hydrogens (tertiary/aromatic N) is 1. The molecule has 0 aromatic heterocycles. The van der Waals surface area contributed by atoms with Crippen molar-refractivity contribution in [2.45, 2.75) is 5.51 Å². The Morgan fingerprint density at radius 2 is 1.60 bits per heavy atom. The van der Waals surface area contributed by atoms with E-state index in [1.165, 1.54) is 0 Å². The van der Waals surface area contributed by atoms with Crippen molar-refractivity contribution in [2.24, 2.45) is 0 Å². The molecule has 60 valence electrons. The summed E-state index contributed by atoms with van der Waals surface area (Å²) in [5.41, 5.74) is -5.81. The van der Waals surface area contributed by atoms with Gasteiger partial charge in [0.2, 0.25) is 0 Å². The molecule has 5 nitrogen and oxygen atoms in total. The smallest absolute Gasteiger partial charge is 0.247 e. The Bertz CT molecular complexity index is 238. The number of sulfonamides is 1. The van der Waals surface area contributed by atoms with Crippen LogP contribution in [0.1, 0.15) is 0 Å². The Kier molecular flexibility index (Phi) is 1.90. The third-order valence-corrected chi connectivity index (χ3v) is 1.47. The molecule has 0 N–H and O–H groups in total. The summed E-state index contributed by atoms with van der Waals surface area (Å²) in [6.45, 7) is 0. The maximum absolute atomic E-state index is 11.1. The van der Waals surface area contributed by atoms with Gasteiger partial charge < -0.3 is 0 Å². The summed E-state index contributed by atoms with van der Waals surface area (Å²) in [4.78, 5) is 9.17. The van der Waals surface area contributed by atoms with Crippen LogP contribution < -0.4 is 0 Å². The van der Waals surface area contributed by atoms with E-state index in [1.54, 1.807) is 0 Å². The molecule has 0 atom stereocenters. The van der Waals surface area contributed by atoms with Crippen LogP contribution in [0.5, 0.6) is 0 Å². The van der Waals surface area contributed by atoms with Gasteiger partial charge in [-0.25, -0.2) is 10.1 Å². The fourth-order valence-corrected chi connectivity index (χ4v) is 0.254. The molecule has 0 amide bonds. The molecule has 0 heterocycles. The lowest BCUT2D eigenvalue weighted by atomic mass is 11.6. The summed E-state index contributed by atoms with van der Waals surface area (Å²) in [7, 11) is -6.19. The summed E-state index contributed by atoms with van der Waals surface area (Å²) >= 11 is 0. The van der Waals surface area contributed by atoms with Gasteiger partial charge in [-0.05, 0) is 0 Å². The largest absolute Gasteiger partial charge is 0.565 e. The molecule has 0 aliphatic heterocycles. The van der Waals surface area contributed by atoms with Crippen LogP contribution in [-0.4, -0.2) is 18.3 Å². The maximum atomic E-state index is 11.1. The predicted octanol–water partition coefficient (Wildman–Crippen LogP) is 0.113. The van der Waals surface area contributed by atoms with Crippen LogP contribution in [0.15, 0.2) is 0 Å². The van der Waals surface area contributed by atoms with Crippen molar-refractivity contribution in [2.75, 3.05) is 0 Å². The third-order valence-electron chi connectivity index (χ3n) is 0.489. The van der Waals surface area contributed by atoms with E-state index in [2.05, 4.69) is 0 Å². The fourth-order valence-electron chi connectivity index (χ4n) is 0.0845. The second kappa shape index (κ2) is 2.08. The van der Waals surface area contributed by atoms with Crippen LogP contribution in [-0.2, 0) is 10.0 Å². The highest BCUT2D eigenvalue weighted by Crippen LogP contribution is 2.23. The fraction of sp³-hybridized carbons (Fsp3) is 1.00. The van der Waals surface area contributed by atoms with Gasteiger partial charge in [0, 0.05) is 0 Å². The second-order valence-electron chi connectivity index (χ2n) is 1.14. The van der Waals surface area contributed by atoms with Crippen LogP contribution in [0, 0.1) is 10.1 Å². The average Bonchev–Trinajstić information content (AvgIpc) is 1.62. The Morgan fingerprint density at radius 1 is 1.30 bits per heavy atom. The van der Waals surface area contributed by atoms with Crippen LogP contribution >= 0.6 is 0 Å². The van der Waals surface area contributed by atoms with Crippen LogP contribution in [0.3, 0.4) is 0 Å². The van der Waals surface area contributed by atoms with Crippen molar-refractivity contribution in [3.63, 3.8) is 0 Å². The molecule has 0 saturated carbocycles. The first kappa shape index (κ1) is 9.14. The summed E-state index contributed by atoms with van der Waals surface area (Å²) in [6.07, 6.45) is 0. The van der Waals surface area contributed by atoms with E-state index in [9.17, 15) is 21.6 Å². The number of nitro groups is 1. The molecule has 0 rings (SSSR count). The average molecular weight is 179 g/mol. The molecule has 0 spiro atoms.